The molecule has 0 atom stereocenters. The summed E-state index contributed by atoms with van der Waals surface area (Å²) in [5, 5.41) is 35.7. The quantitative estimate of drug-likeness (QED) is 0.336. The van der Waals surface area contributed by atoms with E-state index in [1.54, 1.807) is 0 Å². The molecule has 83 valence electrons. The van der Waals surface area contributed by atoms with Crippen LogP contribution in [0.2, 0.25) is 0 Å². The van der Waals surface area contributed by atoms with Crippen molar-refractivity contribution in [3.8, 4) is 0 Å². The first-order valence-electron chi connectivity index (χ1n) is 2.13. The largest absolute Gasteiger partial charge is 3.00 e. The van der Waals surface area contributed by atoms with Crippen LogP contribution in [0.4, 0.5) is 0 Å². The first kappa shape index (κ1) is 22.9. The maximum atomic E-state index is 8.93. The number of carboxylic acid groups (broad SMARTS) is 4. The van der Waals surface area contributed by atoms with Crippen molar-refractivity contribution in [3.05, 3.63) is 0 Å². The second kappa shape index (κ2) is 11.5. The molecule has 0 spiro atoms. The number of hydrogen-bond donors (Lipinski definition) is 1. The van der Waals surface area contributed by atoms with Gasteiger partial charge in [-0.05, 0) is 0 Å². The van der Waals surface area contributed by atoms with E-state index < -0.39 is 23.9 Å². The van der Waals surface area contributed by atoms with Gasteiger partial charge in [-0.2, -0.15) is 0 Å². The third-order valence-corrected chi connectivity index (χ3v) is 0.333. The molecule has 0 saturated heterocycles. The van der Waals surface area contributed by atoms with Crippen molar-refractivity contribution < 1.29 is 60.0 Å². The van der Waals surface area contributed by atoms with E-state index in [2.05, 4.69) is 0 Å². The summed E-state index contributed by atoms with van der Waals surface area (Å²) in [5.74, 6) is -8.74. The molecule has 0 heterocycles. The van der Waals surface area contributed by atoms with Gasteiger partial charge < -0.3 is 45.8 Å². The van der Waals surface area contributed by atoms with Gasteiger partial charge in [0.2, 0.25) is 0 Å². The number of carbonyl (C=O) groups excluding carboxylic acids is 4. The molecular weight excluding hydrogens is 296 g/mol. The minimum Gasteiger partial charge on any atom is -0.543 e. The summed E-state index contributed by atoms with van der Waals surface area (Å²) in [7, 11) is 0. The molecule has 0 unspecified atom stereocenters. The van der Waals surface area contributed by atoms with Crippen LogP contribution in [-0.4, -0.2) is 23.9 Å². The van der Waals surface area contributed by atoms with E-state index in [1.165, 1.54) is 0 Å². The average Bonchev–Trinajstić information content (AvgIpc) is 1.88. The van der Waals surface area contributed by atoms with E-state index >= 15 is 0 Å². The number of hydrogen-bond acceptors (Lipinski definition) is 8. The molecule has 0 fully saturated rings. The van der Waals surface area contributed by atoms with Gasteiger partial charge in [-0.15, -0.1) is 0 Å². The first-order chi connectivity index (χ1) is 5.29. The van der Waals surface area contributed by atoms with Gasteiger partial charge >= 0.3 is 20.4 Å². The van der Waals surface area contributed by atoms with Gasteiger partial charge in [0.15, 0.2) is 0 Å². The van der Waals surface area contributed by atoms with Gasteiger partial charge in [0.25, 0.3) is 0 Å². The molecule has 0 saturated carbocycles. The van der Waals surface area contributed by atoms with Crippen LogP contribution in [0.3, 0.4) is 0 Å². The van der Waals surface area contributed by atoms with Crippen molar-refractivity contribution in [2.75, 3.05) is 0 Å². The summed E-state index contributed by atoms with van der Waals surface area (Å²) < 4.78 is 0. The summed E-state index contributed by atoms with van der Waals surface area (Å²) in [4.78, 5) is 35.7. The summed E-state index contributed by atoms with van der Waals surface area (Å²) in [6, 6.07) is 0. The van der Waals surface area contributed by atoms with Crippen molar-refractivity contribution in [2.45, 2.75) is 0 Å². The van der Waals surface area contributed by atoms with E-state index in [0.717, 1.165) is 0 Å². The molecule has 0 aromatic heterocycles. The molecule has 4 N–H and O–H groups in total. The molecule has 14 heavy (non-hydrogen) atoms. The molecule has 0 aliphatic carbocycles. The molecule has 0 aromatic rings. The topological polar surface area (TPSA) is 197 Å². The molecule has 9 nitrogen and oxygen atoms in total. The van der Waals surface area contributed by atoms with Crippen molar-refractivity contribution >= 4 is 23.9 Å². The van der Waals surface area contributed by atoms with Gasteiger partial charge in [-0.3, -0.25) is 0 Å². The standard InChI is InChI=1S/2C2H2O4.H3N.Pd/c2*3-1(4)2(5)6;;/h2*(H,3,4)(H,5,6);1H3;/q;;;+3/p-3. The minimum atomic E-state index is -2.19. The fourth-order valence-electron chi connectivity index (χ4n) is 0. The number of rotatable bonds is 0. The maximum absolute atomic E-state index is 8.93. The Hall–Kier alpha value is -1.50. The van der Waals surface area contributed by atoms with Crippen LogP contribution in [0.1, 0.15) is 0 Å². The Morgan fingerprint density at radius 3 is 0.643 bits per heavy atom. The first-order valence-corrected chi connectivity index (χ1v) is 2.13. The SMILES string of the molecule is O=C([O-])C(=O)[O-].O=C([O-])C(=O)[O-].[NH4+].[Pd+3]. The summed E-state index contributed by atoms with van der Waals surface area (Å²) in [6.07, 6.45) is 0. The monoisotopic (exact) mass is 300 g/mol. The summed E-state index contributed by atoms with van der Waals surface area (Å²) >= 11 is 0. The Labute approximate surface area is 90.6 Å². The zero-order chi connectivity index (χ0) is 10.3. The minimum absolute atomic E-state index is 0. The van der Waals surface area contributed by atoms with E-state index in [9.17, 15) is 0 Å². The van der Waals surface area contributed by atoms with Gasteiger partial charge in [-0.1, -0.05) is 0 Å². The number of aliphatic carboxylic acids is 4. The zero-order valence-corrected chi connectivity index (χ0v) is 8.14. The van der Waals surface area contributed by atoms with Gasteiger partial charge in [-0.25, -0.2) is 0 Å². The fraction of sp³-hybridized carbons (Fsp3) is 0. The smallest absolute Gasteiger partial charge is 0.543 e. The Morgan fingerprint density at radius 1 is 0.571 bits per heavy atom. The van der Waals surface area contributed by atoms with Crippen LogP contribution >= 0.6 is 0 Å². The molecule has 10 heteroatoms. The fourth-order valence-corrected chi connectivity index (χ4v) is 0. The molecule has 0 aliphatic rings. The maximum Gasteiger partial charge on any atom is 3.00 e. The van der Waals surface area contributed by atoms with E-state index in [1.807, 2.05) is 0 Å². The van der Waals surface area contributed by atoms with E-state index in [0.29, 0.717) is 0 Å². The second-order valence-corrected chi connectivity index (χ2v) is 1.15. The number of quaternary nitrogens is 1. The van der Waals surface area contributed by atoms with Crippen molar-refractivity contribution in [1.29, 1.82) is 0 Å². The predicted octanol–water partition coefficient (Wildman–Crippen LogP) is -6.65. The van der Waals surface area contributed by atoms with Crippen molar-refractivity contribution in [3.63, 3.8) is 0 Å². The van der Waals surface area contributed by atoms with Crippen LogP contribution in [0, 0.1) is 0 Å². The molecule has 0 amide bonds. The van der Waals surface area contributed by atoms with Gasteiger partial charge in [0.05, 0.1) is 23.9 Å². The molecule has 1 radical (unpaired) electrons. The van der Waals surface area contributed by atoms with Crippen LogP contribution in [0.5, 0.6) is 0 Å². The molecule has 0 bridgehead atoms. The number of carbonyl (C=O) groups is 4. The average molecular weight is 300 g/mol. The van der Waals surface area contributed by atoms with E-state index in [-0.39, 0.29) is 26.6 Å². The van der Waals surface area contributed by atoms with Gasteiger partial charge in [0.1, 0.15) is 0 Å². The van der Waals surface area contributed by atoms with Crippen LogP contribution in [-0.2, 0) is 39.6 Å². The normalized spacial score (nSPS) is 6.29. The van der Waals surface area contributed by atoms with Crippen LogP contribution in [0.25, 0.3) is 0 Å². The molecule has 0 rings (SSSR count). The Bertz CT molecular complexity index is 177. The molecule has 0 aliphatic heterocycles. The van der Waals surface area contributed by atoms with Crippen LogP contribution < -0.4 is 26.6 Å². The molecular formula is C4H4NO8Pd. The van der Waals surface area contributed by atoms with E-state index in [4.69, 9.17) is 39.6 Å². The summed E-state index contributed by atoms with van der Waals surface area (Å²) in [5.41, 5.74) is 0. The van der Waals surface area contributed by atoms with Gasteiger partial charge in [0, 0.05) is 0 Å². The Morgan fingerprint density at radius 2 is 0.643 bits per heavy atom. The van der Waals surface area contributed by atoms with Crippen molar-refractivity contribution in [1.82, 2.24) is 6.15 Å². The molecule has 0 aromatic carbocycles. The Balaban J connectivity index is -0.0000000625. The van der Waals surface area contributed by atoms with Crippen molar-refractivity contribution in [2.24, 2.45) is 0 Å². The van der Waals surface area contributed by atoms with Crippen LogP contribution in [0.15, 0.2) is 0 Å². The number of carboxylic acids is 4. The Kier molecular flexibility index (Phi) is 18.8. The summed E-state index contributed by atoms with van der Waals surface area (Å²) in [6.45, 7) is 0. The predicted molar refractivity (Wildman–Crippen MR) is 26.0 cm³/mol. The third-order valence-electron chi connectivity index (χ3n) is 0.333. The third kappa shape index (κ3) is 22.4. The second-order valence-electron chi connectivity index (χ2n) is 1.15. The zero-order valence-electron chi connectivity index (χ0n) is 6.58.